The molecule has 0 fully saturated rings. The second kappa shape index (κ2) is 5.85. The number of anilines is 1. The van der Waals surface area contributed by atoms with Gasteiger partial charge in [-0.3, -0.25) is 5.43 Å². The van der Waals surface area contributed by atoms with Gasteiger partial charge in [0.1, 0.15) is 11.5 Å². The van der Waals surface area contributed by atoms with Gasteiger partial charge in [-0.15, -0.1) is 0 Å². The van der Waals surface area contributed by atoms with Crippen molar-refractivity contribution < 1.29 is 9.47 Å². The molecule has 0 aliphatic carbocycles. The van der Waals surface area contributed by atoms with Crippen molar-refractivity contribution >= 4 is 21.9 Å². The van der Waals surface area contributed by atoms with Crippen LogP contribution in [-0.4, -0.2) is 17.1 Å². The zero-order valence-electron chi connectivity index (χ0n) is 10.5. The molecule has 0 amide bonds. The van der Waals surface area contributed by atoms with Gasteiger partial charge in [0.05, 0.1) is 11.6 Å². The second-order valence-corrected chi connectivity index (χ2v) is 4.57. The smallest absolute Gasteiger partial charge is 0.240 e. The number of aryl methyl sites for hydroxylation is 1. The number of nitrogens with two attached hydrogens (primary N) is 1. The molecule has 0 saturated heterocycles. The summed E-state index contributed by atoms with van der Waals surface area (Å²) in [5.74, 6) is 7.37. The predicted molar refractivity (Wildman–Crippen MR) is 75.3 cm³/mol. The van der Waals surface area contributed by atoms with Crippen LogP contribution in [0.2, 0.25) is 0 Å². The minimum absolute atomic E-state index is 0.305. The first-order chi connectivity index (χ1) is 9.12. The van der Waals surface area contributed by atoms with E-state index in [0.717, 1.165) is 15.9 Å². The highest BCUT2D eigenvalue weighted by molar-refractivity contribution is 9.10. The molecular weight excluding hydrogens is 312 g/mol. The molecule has 1 aromatic carbocycles. The number of methoxy groups -OCH3 is 1. The Morgan fingerprint density at radius 2 is 2.05 bits per heavy atom. The second-order valence-electron chi connectivity index (χ2n) is 3.71. The lowest BCUT2D eigenvalue weighted by Crippen LogP contribution is -2.11. The number of aromatic nitrogens is 2. The third-order valence-corrected chi connectivity index (χ3v) is 2.93. The Hall–Kier alpha value is -1.86. The van der Waals surface area contributed by atoms with Crippen LogP contribution in [-0.2, 0) is 0 Å². The molecule has 2 aromatic rings. The van der Waals surface area contributed by atoms with Gasteiger partial charge in [-0.1, -0.05) is 0 Å². The molecule has 0 aliphatic heterocycles. The molecule has 19 heavy (non-hydrogen) atoms. The molecule has 7 heteroatoms. The van der Waals surface area contributed by atoms with E-state index in [2.05, 4.69) is 31.3 Å². The summed E-state index contributed by atoms with van der Waals surface area (Å²) in [6.45, 7) is 1.83. The van der Waals surface area contributed by atoms with Crippen LogP contribution >= 0.6 is 15.9 Å². The standard InChI is InChI=1S/C12H13BrN4O2/c1-7-5-11(16-12(15-7)17-14)19-10-4-3-8(18-2)6-9(10)13/h3-6H,14H2,1-2H3,(H,15,16,17). The van der Waals surface area contributed by atoms with Crippen molar-refractivity contribution in [3.05, 3.63) is 34.4 Å². The van der Waals surface area contributed by atoms with Crippen molar-refractivity contribution in [3.8, 4) is 17.4 Å². The van der Waals surface area contributed by atoms with Crippen LogP contribution in [0.25, 0.3) is 0 Å². The Kier molecular flexibility index (Phi) is 4.18. The third kappa shape index (κ3) is 3.33. The molecule has 3 N–H and O–H groups in total. The maximum absolute atomic E-state index is 5.68. The number of nitrogen functional groups attached to an aromatic ring is 1. The molecule has 0 bridgehead atoms. The first-order valence-corrected chi connectivity index (χ1v) is 6.25. The lowest BCUT2D eigenvalue weighted by molar-refractivity contribution is 0.411. The summed E-state index contributed by atoms with van der Waals surface area (Å²) in [4.78, 5) is 8.19. The number of nitrogens with zero attached hydrogens (tertiary/aromatic N) is 2. The van der Waals surface area contributed by atoms with Crippen LogP contribution < -0.4 is 20.7 Å². The Balaban J connectivity index is 2.28. The lowest BCUT2D eigenvalue weighted by atomic mass is 10.3. The number of ether oxygens (including phenoxy) is 2. The zero-order valence-corrected chi connectivity index (χ0v) is 12.1. The highest BCUT2D eigenvalue weighted by Gasteiger charge is 2.07. The Bertz CT molecular complexity index is 592. The minimum atomic E-state index is 0.305. The van der Waals surface area contributed by atoms with E-state index in [4.69, 9.17) is 15.3 Å². The SMILES string of the molecule is COc1ccc(Oc2cc(C)nc(NN)n2)c(Br)c1. The average Bonchev–Trinajstić information content (AvgIpc) is 2.40. The summed E-state index contributed by atoms with van der Waals surface area (Å²) in [5.41, 5.74) is 3.15. The van der Waals surface area contributed by atoms with Crippen LogP contribution in [0.3, 0.4) is 0 Å². The van der Waals surface area contributed by atoms with E-state index in [1.807, 2.05) is 13.0 Å². The van der Waals surface area contributed by atoms with Gasteiger partial charge < -0.3 is 9.47 Å². The van der Waals surface area contributed by atoms with Crippen molar-refractivity contribution in [2.75, 3.05) is 12.5 Å². The van der Waals surface area contributed by atoms with E-state index >= 15 is 0 Å². The van der Waals surface area contributed by atoms with Gasteiger partial charge in [0.25, 0.3) is 0 Å². The van der Waals surface area contributed by atoms with E-state index in [0.29, 0.717) is 17.6 Å². The summed E-state index contributed by atoms with van der Waals surface area (Å²) in [7, 11) is 1.61. The lowest BCUT2D eigenvalue weighted by Gasteiger charge is -2.09. The largest absolute Gasteiger partial charge is 0.497 e. The topological polar surface area (TPSA) is 82.3 Å². The normalized spacial score (nSPS) is 10.1. The Morgan fingerprint density at radius 1 is 1.26 bits per heavy atom. The number of rotatable bonds is 4. The quantitative estimate of drug-likeness (QED) is 0.664. The van der Waals surface area contributed by atoms with E-state index in [9.17, 15) is 0 Å². The summed E-state index contributed by atoms with van der Waals surface area (Å²) in [5, 5.41) is 0. The minimum Gasteiger partial charge on any atom is -0.497 e. The summed E-state index contributed by atoms with van der Waals surface area (Å²) >= 11 is 3.41. The van der Waals surface area contributed by atoms with Gasteiger partial charge >= 0.3 is 0 Å². The summed E-state index contributed by atoms with van der Waals surface area (Å²) in [6.07, 6.45) is 0. The first-order valence-electron chi connectivity index (χ1n) is 5.46. The zero-order chi connectivity index (χ0) is 13.8. The van der Waals surface area contributed by atoms with Gasteiger partial charge in [-0.25, -0.2) is 10.8 Å². The molecule has 0 aliphatic rings. The van der Waals surface area contributed by atoms with Gasteiger partial charge in [0.2, 0.25) is 11.8 Å². The molecule has 100 valence electrons. The highest BCUT2D eigenvalue weighted by atomic mass is 79.9. The van der Waals surface area contributed by atoms with E-state index < -0.39 is 0 Å². The van der Waals surface area contributed by atoms with Crippen molar-refractivity contribution in [3.63, 3.8) is 0 Å². The fourth-order valence-corrected chi connectivity index (χ4v) is 1.90. The van der Waals surface area contributed by atoms with Crippen LogP contribution in [0.1, 0.15) is 5.69 Å². The van der Waals surface area contributed by atoms with Crippen LogP contribution in [0.5, 0.6) is 17.4 Å². The molecular formula is C12H13BrN4O2. The highest BCUT2D eigenvalue weighted by Crippen LogP contribution is 2.32. The monoisotopic (exact) mass is 324 g/mol. The molecule has 0 atom stereocenters. The van der Waals surface area contributed by atoms with Crippen molar-refractivity contribution in [1.29, 1.82) is 0 Å². The maximum atomic E-state index is 5.68. The molecule has 0 radical (unpaired) electrons. The number of halogens is 1. The third-order valence-electron chi connectivity index (χ3n) is 2.31. The Morgan fingerprint density at radius 3 is 2.68 bits per heavy atom. The van der Waals surface area contributed by atoms with Gasteiger partial charge in [-0.05, 0) is 41.1 Å². The molecule has 0 saturated carbocycles. The fourth-order valence-electron chi connectivity index (χ4n) is 1.46. The average molecular weight is 325 g/mol. The number of hydrogen-bond donors (Lipinski definition) is 2. The molecule has 6 nitrogen and oxygen atoms in total. The van der Waals surface area contributed by atoms with Gasteiger partial charge in [0, 0.05) is 11.8 Å². The van der Waals surface area contributed by atoms with E-state index in [-0.39, 0.29) is 0 Å². The Labute approximate surface area is 119 Å². The van der Waals surface area contributed by atoms with Crippen molar-refractivity contribution in [2.45, 2.75) is 6.92 Å². The molecule has 2 rings (SSSR count). The number of hydrogen-bond acceptors (Lipinski definition) is 6. The predicted octanol–water partition coefficient (Wildman–Crippen LogP) is 2.63. The molecule has 0 spiro atoms. The van der Waals surface area contributed by atoms with E-state index in [1.165, 1.54) is 0 Å². The van der Waals surface area contributed by atoms with Crippen molar-refractivity contribution in [1.82, 2.24) is 9.97 Å². The fraction of sp³-hybridized carbons (Fsp3) is 0.167. The molecule has 0 unspecified atom stereocenters. The number of nitrogens with one attached hydrogen (secondary N) is 1. The number of benzene rings is 1. The maximum Gasteiger partial charge on any atom is 0.240 e. The van der Waals surface area contributed by atoms with E-state index in [1.54, 1.807) is 25.3 Å². The van der Waals surface area contributed by atoms with Crippen LogP contribution in [0.15, 0.2) is 28.7 Å². The molecule has 1 aromatic heterocycles. The van der Waals surface area contributed by atoms with Gasteiger partial charge in [-0.2, -0.15) is 4.98 Å². The first kappa shape index (κ1) is 13.6. The molecule has 1 heterocycles. The van der Waals surface area contributed by atoms with Crippen molar-refractivity contribution in [2.24, 2.45) is 5.84 Å². The number of hydrazine groups is 1. The van der Waals surface area contributed by atoms with Gasteiger partial charge in [0.15, 0.2) is 0 Å². The summed E-state index contributed by atoms with van der Waals surface area (Å²) < 4.78 is 11.6. The summed E-state index contributed by atoms with van der Waals surface area (Å²) in [6, 6.07) is 7.12. The van der Waals surface area contributed by atoms with Crippen LogP contribution in [0.4, 0.5) is 5.95 Å². The van der Waals surface area contributed by atoms with Crippen LogP contribution in [0, 0.1) is 6.92 Å².